The molecule has 1 spiro atoms. The molecule has 0 amide bonds. The third kappa shape index (κ3) is 2.95. The summed E-state index contributed by atoms with van der Waals surface area (Å²) in [6.45, 7) is 13.4. The van der Waals surface area contributed by atoms with Crippen LogP contribution in [0.1, 0.15) is 98.8 Å². The first-order valence-corrected chi connectivity index (χ1v) is 12.3. The summed E-state index contributed by atoms with van der Waals surface area (Å²) in [4.78, 5) is 0. The van der Waals surface area contributed by atoms with Gasteiger partial charge in [-0.1, -0.05) is 41.0 Å². The summed E-state index contributed by atoms with van der Waals surface area (Å²) in [5, 5.41) is 0. The van der Waals surface area contributed by atoms with Crippen LogP contribution in [-0.2, 0) is 9.47 Å². The maximum absolute atomic E-state index is 6.10. The molecule has 1 saturated heterocycles. The standard InChI is InChI=1S/C23H38O2.C2H6/c1-4-16-6-8-19-18-7-5-17-15-23(24-13-14-25-23)12-11-22(17,3)20(18)9-10-21(16,19)2;1-2/h16-20H,4-15H2,1-3H3;1-2H3. The van der Waals surface area contributed by atoms with E-state index in [0.717, 1.165) is 49.2 Å². The fourth-order valence-electron chi connectivity index (χ4n) is 8.74. The summed E-state index contributed by atoms with van der Waals surface area (Å²) in [7, 11) is 0. The summed E-state index contributed by atoms with van der Waals surface area (Å²) in [6, 6.07) is 0. The van der Waals surface area contributed by atoms with Crippen molar-refractivity contribution < 1.29 is 9.47 Å². The van der Waals surface area contributed by atoms with Crippen LogP contribution in [0.15, 0.2) is 0 Å². The van der Waals surface area contributed by atoms with E-state index in [9.17, 15) is 0 Å². The second-order valence-corrected chi connectivity index (χ2v) is 10.7. The molecule has 2 nitrogen and oxygen atoms in total. The minimum absolute atomic E-state index is 0.194. The summed E-state index contributed by atoms with van der Waals surface area (Å²) in [5.41, 5.74) is 1.21. The molecular weight excluding hydrogens is 332 g/mol. The van der Waals surface area contributed by atoms with Crippen LogP contribution in [0.5, 0.6) is 0 Å². The van der Waals surface area contributed by atoms with E-state index < -0.39 is 0 Å². The normalized spacial score (nSPS) is 50.3. The molecule has 7 unspecified atom stereocenters. The Balaban J connectivity index is 0.000000872. The van der Waals surface area contributed by atoms with Crippen molar-refractivity contribution in [1.29, 1.82) is 0 Å². The molecule has 0 aromatic heterocycles. The smallest absolute Gasteiger partial charge is 0.168 e. The number of hydrogen-bond donors (Lipinski definition) is 0. The second kappa shape index (κ2) is 7.31. The Hall–Kier alpha value is -0.0800. The molecule has 5 aliphatic rings. The topological polar surface area (TPSA) is 18.5 Å². The van der Waals surface area contributed by atoms with Gasteiger partial charge in [-0.15, -0.1) is 0 Å². The Morgan fingerprint density at radius 2 is 1.48 bits per heavy atom. The van der Waals surface area contributed by atoms with E-state index in [2.05, 4.69) is 20.8 Å². The van der Waals surface area contributed by atoms with Gasteiger partial charge >= 0.3 is 0 Å². The van der Waals surface area contributed by atoms with Gasteiger partial charge in [0.05, 0.1) is 13.2 Å². The zero-order valence-corrected chi connectivity index (χ0v) is 18.7. The van der Waals surface area contributed by atoms with Crippen molar-refractivity contribution in [3.8, 4) is 0 Å². The van der Waals surface area contributed by atoms with E-state index >= 15 is 0 Å². The molecule has 5 rings (SSSR count). The monoisotopic (exact) mass is 376 g/mol. The summed E-state index contributed by atoms with van der Waals surface area (Å²) < 4.78 is 12.2. The molecule has 2 heteroatoms. The van der Waals surface area contributed by atoms with E-state index in [-0.39, 0.29) is 5.79 Å². The van der Waals surface area contributed by atoms with Crippen LogP contribution < -0.4 is 0 Å². The van der Waals surface area contributed by atoms with Gasteiger partial charge in [0.1, 0.15) is 0 Å². The van der Waals surface area contributed by atoms with Crippen LogP contribution in [0.3, 0.4) is 0 Å². The lowest BCUT2D eigenvalue weighted by Crippen LogP contribution is -2.56. The van der Waals surface area contributed by atoms with E-state index in [1.165, 1.54) is 57.8 Å². The fourth-order valence-corrected chi connectivity index (χ4v) is 8.74. The third-order valence-electron chi connectivity index (χ3n) is 10.2. The predicted molar refractivity (Wildman–Crippen MR) is 111 cm³/mol. The first-order chi connectivity index (χ1) is 13.0. The molecule has 0 radical (unpaired) electrons. The molecule has 1 heterocycles. The number of fused-ring (bicyclic) bond motifs is 5. The highest BCUT2D eigenvalue weighted by atomic mass is 16.7. The largest absolute Gasteiger partial charge is 0.348 e. The van der Waals surface area contributed by atoms with E-state index in [4.69, 9.17) is 9.47 Å². The number of hydrogen-bond acceptors (Lipinski definition) is 2. The van der Waals surface area contributed by atoms with Crippen LogP contribution in [0.4, 0.5) is 0 Å². The first-order valence-electron chi connectivity index (χ1n) is 12.3. The van der Waals surface area contributed by atoms with Gasteiger partial charge in [0.2, 0.25) is 0 Å². The highest BCUT2D eigenvalue weighted by Gasteiger charge is 2.61. The average molecular weight is 377 g/mol. The van der Waals surface area contributed by atoms with Crippen molar-refractivity contribution in [3.05, 3.63) is 0 Å². The SMILES string of the molecule is CC.CCC1CCC2C3CCC4CC5(CCC4(C)C3CCC12C)OCCO5. The van der Waals surface area contributed by atoms with E-state index in [1.807, 2.05) is 13.8 Å². The average Bonchev–Trinajstić information content (AvgIpc) is 3.28. The second-order valence-electron chi connectivity index (χ2n) is 10.7. The quantitative estimate of drug-likeness (QED) is 0.499. The zero-order valence-electron chi connectivity index (χ0n) is 18.7. The summed E-state index contributed by atoms with van der Waals surface area (Å²) in [6.07, 6.45) is 14.0. The fraction of sp³-hybridized carbons (Fsp3) is 1.00. The van der Waals surface area contributed by atoms with Crippen molar-refractivity contribution in [2.75, 3.05) is 13.2 Å². The van der Waals surface area contributed by atoms with Crippen LogP contribution in [0, 0.1) is 40.4 Å². The zero-order chi connectivity index (χ0) is 19.3. The maximum atomic E-state index is 6.10. The first kappa shape index (κ1) is 20.2. The van der Waals surface area contributed by atoms with Crippen LogP contribution in [0.2, 0.25) is 0 Å². The Morgan fingerprint density at radius 3 is 2.19 bits per heavy atom. The molecule has 27 heavy (non-hydrogen) atoms. The van der Waals surface area contributed by atoms with Gasteiger partial charge in [-0.25, -0.2) is 0 Å². The molecular formula is C25H44O2. The van der Waals surface area contributed by atoms with Gasteiger partial charge in [0.25, 0.3) is 0 Å². The molecule has 0 N–H and O–H groups in total. The van der Waals surface area contributed by atoms with Gasteiger partial charge < -0.3 is 9.47 Å². The Kier molecular flexibility index (Phi) is 5.47. The minimum atomic E-state index is -0.194. The molecule has 4 aliphatic carbocycles. The summed E-state index contributed by atoms with van der Waals surface area (Å²) >= 11 is 0. The summed E-state index contributed by atoms with van der Waals surface area (Å²) in [5.74, 6) is 4.63. The lowest BCUT2D eigenvalue weighted by Gasteiger charge is -2.62. The highest BCUT2D eigenvalue weighted by Crippen LogP contribution is 2.68. The molecule has 0 aromatic rings. The van der Waals surface area contributed by atoms with Crippen molar-refractivity contribution in [2.24, 2.45) is 40.4 Å². The number of ether oxygens (including phenoxy) is 2. The lowest BCUT2D eigenvalue weighted by molar-refractivity contribution is -0.229. The van der Waals surface area contributed by atoms with Gasteiger partial charge in [-0.3, -0.25) is 0 Å². The van der Waals surface area contributed by atoms with E-state index in [1.54, 1.807) is 0 Å². The Labute approximate surface area is 168 Å². The molecule has 7 atom stereocenters. The molecule has 4 saturated carbocycles. The van der Waals surface area contributed by atoms with Crippen LogP contribution >= 0.6 is 0 Å². The lowest BCUT2D eigenvalue weighted by atomic mass is 9.44. The Morgan fingerprint density at radius 1 is 0.778 bits per heavy atom. The molecule has 1 aliphatic heterocycles. The third-order valence-corrected chi connectivity index (χ3v) is 10.2. The van der Waals surface area contributed by atoms with Crippen molar-refractivity contribution >= 4 is 0 Å². The predicted octanol–water partition coefficient (Wildman–Crippen LogP) is 6.82. The van der Waals surface area contributed by atoms with E-state index in [0.29, 0.717) is 10.8 Å². The minimum Gasteiger partial charge on any atom is -0.348 e. The van der Waals surface area contributed by atoms with Crippen LogP contribution in [-0.4, -0.2) is 19.0 Å². The van der Waals surface area contributed by atoms with Gasteiger partial charge in [-0.05, 0) is 85.4 Å². The van der Waals surface area contributed by atoms with Gasteiger partial charge in [0, 0.05) is 12.8 Å². The van der Waals surface area contributed by atoms with Crippen molar-refractivity contribution in [3.63, 3.8) is 0 Å². The maximum Gasteiger partial charge on any atom is 0.168 e. The molecule has 156 valence electrons. The Bertz CT molecular complexity index is 524. The molecule has 0 bridgehead atoms. The molecule has 0 aromatic carbocycles. The van der Waals surface area contributed by atoms with Crippen molar-refractivity contribution in [1.82, 2.24) is 0 Å². The highest BCUT2D eigenvalue weighted by molar-refractivity contribution is 5.10. The van der Waals surface area contributed by atoms with Gasteiger partial charge in [-0.2, -0.15) is 0 Å². The van der Waals surface area contributed by atoms with Gasteiger partial charge in [0.15, 0.2) is 5.79 Å². The number of rotatable bonds is 1. The van der Waals surface area contributed by atoms with Crippen molar-refractivity contribution in [2.45, 2.75) is 105 Å². The van der Waals surface area contributed by atoms with Crippen LogP contribution in [0.25, 0.3) is 0 Å². The molecule has 5 fully saturated rings.